The van der Waals surface area contributed by atoms with Crippen molar-refractivity contribution in [2.45, 2.75) is 6.42 Å². The third-order valence-corrected chi connectivity index (χ3v) is 3.72. The first kappa shape index (κ1) is 14.3. The van der Waals surface area contributed by atoms with Crippen LogP contribution < -0.4 is 5.73 Å². The number of hydrogen-bond acceptors (Lipinski definition) is 2. The van der Waals surface area contributed by atoms with E-state index in [1.165, 1.54) is 12.1 Å². The van der Waals surface area contributed by atoms with Crippen LogP contribution in [0.25, 0.3) is 16.9 Å². The lowest BCUT2D eigenvalue weighted by molar-refractivity contribution is 0.628. The van der Waals surface area contributed by atoms with Crippen molar-refractivity contribution >= 4 is 28.8 Å². The Morgan fingerprint density at radius 2 is 1.90 bits per heavy atom. The number of hydrogen-bond donors (Lipinski definition) is 1. The van der Waals surface area contributed by atoms with E-state index in [1.807, 2.05) is 4.40 Å². The third-order valence-electron chi connectivity index (χ3n) is 3.24. The molecule has 2 N–H and O–H groups in total. The van der Waals surface area contributed by atoms with E-state index in [9.17, 15) is 4.39 Å². The Balaban J connectivity index is 2.28. The molecular formula is C15H12Cl2FN3. The van der Waals surface area contributed by atoms with Crippen molar-refractivity contribution in [3.8, 4) is 11.3 Å². The zero-order valence-corrected chi connectivity index (χ0v) is 12.5. The average molecular weight is 324 g/mol. The van der Waals surface area contributed by atoms with Crippen LogP contribution in [0.3, 0.4) is 0 Å². The van der Waals surface area contributed by atoms with Crippen LogP contribution in [0.4, 0.5) is 4.39 Å². The molecule has 3 rings (SSSR count). The van der Waals surface area contributed by atoms with Gasteiger partial charge in [0.05, 0.1) is 21.4 Å². The summed E-state index contributed by atoms with van der Waals surface area (Å²) in [7, 11) is 0. The van der Waals surface area contributed by atoms with Crippen LogP contribution in [0.15, 0.2) is 36.5 Å². The number of nitrogens with two attached hydrogens (primary N) is 1. The van der Waals surface area contributed by atoms with Gasteiger partial charge in [0.2, 0.25) is 0 Å². The van der Waals surface area contributed by atoms with Crippen molar-refractivity contribution in [1.29, 1.82) is 0 Å². The van der Waals surface area contributed by atoms with Gasteiger partial charge < -0.3 is 10.1 Å². The summed E-state index contributed by atoms with van der Waals surface area (Å²) >= 11 is 12.3. The van der Waals surface area contributed by atoms with E-state index in [1.54, 1.807) is 24.4 Å². The zero-order valence-electron chi connectivity index (χ0n) is 11.0. The van der Waals surface area contributed by atoms with Crippen molar-refractivity contribution in [2.75, 3.05) is 6.54 Å². The van der Waals surface area contributed by atoms with Crippen LogP contribution >= 0.6 is 23.2 Å². The fourth-order valence-electron chi connectivity index (χ4n) is 2.33. The Labute approximate surface area is 131 Å². The molecule has 0 amide bonds. The van der Waals surface area contributed by atoms with Crippen LogP contribution in [-0.4, -0.2) is 15.9 Å². The van der Waals surface area contributed by atoms with E-state index >= 15 is 0 Å². The molecule has 0 spiro atoms. The molecule has 0 saturated carbocycles. The van der Waals surface area contributed by atoms with Crippen molar-refractivity contribution in [3.63, 3.8) is 0 Å². The van der Waals surface area contributed by atoms with Crippen LogP contribution in [-0.2, 0) is 6.42 Å². The minimum atomic E-state index is -0.288. The molecule has 6 heteroatoms. The summed E-state index contributed by atoms with van der Waals surface area (Å²) in [6.45, 7) is 0.464. The number of halogens is 3. The molecule has 0 aliphatic heterocycles. The second-order valence-electron chi connectivity index (χ2n) is 4.65. The van der Waals surface area contributed by atoms with Gasteiger partial charge in [-0.15, -0.1) is 0 Å². The monoisotopic (exact) mass is 323 g/mol. The van der Waals surface area contributed by atoms with Gasteiger partial charge in [-0.05, 0) is 36.9 Å². The van der Waals surface area contributed by atoms with Gasteiger partial charge in [-0.25, -0.2) is 9.37 Å². The minimum Gasteiger partial charge on any atom is -0.330 e. The second-order valence-corrected chi connectivity index (χ2v) is 5.50. The first-order chi connectivity index (χ1) is 10.1. The Bertz CT molecular complexity index is 797. The summed E-state index contributed by atoms with van der Waals surface area (Å²) in [5.41, 5.74) is 8.77. The Morgan fingerprint density at radius 3 is 2.57 bits per heavy atom. The van der Waals surface area contributed by atoms with Gasteiger partial charge in [-0.2, -0.15) is 0 Å². The fourth-order valence-corrected chi connectivity index (χ4v) is 2.85. The van der Waals surface area contributed by atoms with Gasteiger partial charge in [0.25, 0.3) is 0 Å². The molecule has 0 radical (unpaired) electrons. The summed E-state index contributed by atoms with van der Waals surface area (Å²) in [5, 5.41) is 0.989. The summed E-state index contributed by atoms with van der Waals surface area (Å²) in [6.07, 6.45) is 2.37. The topological polar surface area (TPSA) is 43.3 Å². The maximum Gasteiger partial charge on any atom is 0.156 e. The van der Waals surface area contributed by atoms with E-state index < -0.39 is 0 Å². The largest absolute Gasteiger partial charge is 0.330 e. The van der Waals surface area contributed by atoms with E-state index in [0.29, 0.717) is 28.7 Å². The van der Waals surface area contributed by atoms with Crippen molar-refractivity contribution in [3.05, 3.63) is 58.1 Å². The van der Waals surface area contributed by atoms with Gasteiger partial charge in [0.15, 0.2) is 5.65 Å². The molecule has 2 heterocycles. The number of imidazole rings is 1. The molecule has 21 heavy (non-hydrogen) atoms. The molecule has 3 nitrogen and oxygen atoms in total. The maximum atomic E-state index is 13.1. The molecule has 0 aliphatic rings. The highest BCUT2D eigenvalue weighted by molar-refractivity contribution is 6.36. The van der Waals surface area contributed by atoms with Crippen molar-refractivity contribution in [2.24, 2.45) is 5.73 Å². The first-order valence-electron chi connectivity index (χ1n) is 6.42. The molecule has 108 valence electrons. The summed E-state index contributed by atoms with van der Waals surface area (Å²) in [4.78, 5) is 4.57. The van der Waals surface area contributed by atoms with Crippen molar-refractivity contribution < 1.29 is 4.39 Å². The zero-order chi connectivity index (χ0) is 15.0. The lowest BCUT2D eigenvalue weighted by atomic mass is 10.1. The molecule has 0 fully saturated rings. The van der Waals surface area contributed by atoms with Gasteiger partial charge >= 0.3 is 0 Å². The highest BCUT2D eigenvalue weighted by Gasteiger charge is 2.16. The van der Waals surface area contributed by atoms with Crippen LogP contribution in [0.5, 0.6) is 0 Å². The summed E-state index contributed by atoms with van der Waals surface area (Å²) < 4.78 is 14.9. The quantitative estimate of drug-likeness (QED) is 0.793. The number of benzene rings is 1. The lowest BCUT2D eigenvalue weighted by Gasteiger charge is -2.04. The standard InChI is InChI=1S/C15H12Cl2FN3/c16-10-7-12(17)15-20-14(9-1-3-11(18)4-2-9)13(5-6-19)21(15)8-10/h1-4,7-8H,5-6,19H2. The van der Waals surface area contributed by atoms with Gasteiger partial charge in [0, 0.05) is 18.2 Å². The highest BCUT2D eigenvalue weighted by atomic mass is 35.5. The van der Waals surface area contributed by atoms with Crippen LogP contribution in [0, 0.1) is 5.82 Å². The normalized spacial score (nSPS) is 11.2. The maximum absolute atomic E-state index is 13.1. The molecule has 0 saturated heterocycles. The number of pyridine rings is 1. The number of nitrogens with zero attached hydrogens (tertiary/aromatic N) is 2. The third kappa shape index (κ3) is 2.62. The SMILES string of the molecule is NCCc1c(-c2ccc(F)cc2)nc2c(Cl)cc(Cl)cn12. The molecule has 0 unspecified atom stereocenters. The first-order valence-corrected chi connectivity index (χ1v) is 7.17. The molecule has 2 aromatic heterocycles. The van der Waals surface area contributed by atoms with E-state index in [4.69, 9.17) is 28.9 Å². The summed E-state index contributed by atoms with van der Waals surface area (Å²) in [6, 6.07) is 7.83. The Hall–Kier alpha value is -1.62. The predicted molar refractivity (Wildman–Crippen MR) is 83.4 cm³/mol. The van der Waals surface area contributed by atoms with Crippen LogP contribution in [0.1, 0.15) is 5.69 Å². The highest BCUT2D eigenvalue weighted by Crippen LogP contribution is 2.30. The molecular weight excluding hydrogens is 312 g/mol. The predicted octanol–water partition coefficient (Wildman–Crippen LogP) is 3.95. The Kier molecular flexibility index (Phi) is 3.85. The molecule has 0 atom stereocenters. The van der Waals surface area contributed by atoms with Gasteiger partial charge in [0.1, 0.15) is 5.82 Å². The molecule has 1 aromatic carbocycles. The molecule has 3 aromatic rings. The smallest absolute Gasteiger partial charge is 0.156 e. The average Bonchev–Trinajstić information content (AvgIpc) is 2.80. The number of aromatic nitrogens is 2. The van der Waals surface area contributed by atoms with Gasteiger partial charge in [-0.1, -0.05) is 23.2 Å². The van der Waals surface area contributed by atoms with E-state index in [0.717, 1.165) is 17.0 Å². The number of fused-ring (bicyclic) bond motifs is 1. The van der Waals surface area contributed by atoms with Gasteiger partial charge in [-0.3, -0.25) is 0 Å². The molecule has 0 bridgehead atoms. The van der Waals surface area contributed by atoms with E-state index in [2.05, 4.69) is 4.98 Å². The number of rotatable bonds is 3. The lowest BCUT2D eigenvalue weighted by Crippen LogP contribution is -2.06. The Morgan fingerprint density at radius 1 is 1.19 bits per heavy atom. The minimum absolute atomic E-state index is 0.288. The van der Waals surface area contributed by atoms with Crippen molar-refractivity contribution in [1.82, 2.24) is 9.38 Å². The van der Waals surface area contributed by atoms with E-state index in [-0.39, 0.29) is 5.82 Å². The van der Waals surface area contributed by atoms with Crippen LogP contribution in [0.2, 0.25) is 10.0 Å². The summed E-state index contributed by atoms with van der Waals surface area (Å²) in [5.74, 6) is -0.288. The second kappa shape index (κ2) is 5.64. The fraction of sp³-hybridized carbons (Fsp3) is 0.133. The molecule has 0 aliphatic carbocycles.